The molecule has 2 rings (SSSR count). The Hall–Kier alpha value is -2.29. The predicted molar refractivity (Wildman–Crippen MR) is 108 cm³/mol. The summed E-state index contributed by atoms with van der Waals surface area (Å²) in [4.78, 5) is 12.5. The van der Waals surface area contributed by atoms with Crippen LogP contribution in [-0.2, 0) is 11.2 Å². The lowest BCUT2D eigenvalue weighted by molar-refractivity contribution is -0.128. The van der Waals surface area contributed by atoms with Crippen molar-refractivity contribution in [3.05, 3.63) is 64.7 Å². The summed E-state index contributed by atoms with van der Waals surface area (Å²) in [5.41, 5.74) is 4.83. The average molecular weight is 354 g/mol. The molecular formula is C23H31NO2. The Morgan fingerprint density at radius 3 is 2.38 bits per heavy atom. The Morgan fingerprint density at radius 2 is 1.77 bits per heavy atom. The van der Waals surface area contributed by atoms with E-state index in [1.165, 1.54) is 16.7 Å². The van der Waals surface area contributed by atoms with E-state index in [1.807, 2.05) is 39.0 Å². The van der Waals surface area contributed by atoms with Crippen LogP contribution in [0.3, 0.4) is 0 Å². The van der Waals surface area contributed by atoms with Crippen LogP contribution in [0.25, 0.3) is 0 Å². The van der Waals surface area contributed by atoms with E-state index in [-0.39, 0.29) is 5.91 Å². The van der Waals surface area contributed by atoms with E-state index < -0.39 is 6.10 Å². The molecule has 1 atom stereocenters. The van der Waals surface area contributed by atoms with Crippen LogP contribution in [0.2, 0.25) is 0 Å². The van der Waals surface area contributed by atoms with E-state index in [0.717, 1.165) is 17.7 Å². The van der Waals surface area contributed by atoms with Crippen molar-refractivity contribution in [2.75, 3.05) is 6.54 Å². The molecule has 0 unspecified atom stereocenters. The Labute approximate surface area is 157 Å². The minimum atomic E-state index is -0.459. The quantitative estimate of drug-likeness (QED) is 0.730. The molecule has 26 heavy (non-hydrogen) atoms. The van der Waals surface area contributed by atoms with Crippen molar-refractivity contribution in [3.63, 3.8) is 0 Å². The topological polar surface area (TPSA) is 38.3 Å². The van der Waals surface area contributed by atoms with Crippen molar-refractivity contribution in [2.24, 2.45) is 0 Å². The van der Waals surface area contributed by atoms with Gasteiger partial charge in [-0.2, -0.15) is 0 Å². The van der Waals surface area contributed by atoms with Gasteiger partial charge in [-0.1, -0.05) is 57.2 Å². The van der Waals surface area contributed by atoms with E-state index in [4.69, 9.17) is 4.74 Å². The maximum Gasteiger partial charge on any atom is 0.261 e. The Kier molecular flexibility index (Phi) is 7.26. The normalized spacial score (nSPS) is 12.1. The molecule has 0 fully saturated rings. The first-order chi connectivity index (χ1) is 12.4. The standard InChI is InChI=1S/C23H31NO2/c1-6-21(26-22-9-7-8-17(4)18(22)5)23(25)24-15-14-19-10-12-20(13-11-19)16(2)3/h7-13,16,21H,6,14-15H2,1-5H3,(H,24,25)/t21-/m1/s1. The Bertz CT molecular complexity index is 719. The Morgan fingerprint density at radius 1 is 1.08 bits per heavy atom. The second-order valence-corrected chi connectivity index (χ2v) is 7.15. The molecule has 1 N–H and O–H groups in total. The summed E-state index contributed by atoms with van der Waals surface area (Å²) in [7, 11) is 0. The van der Waals surface area contributed by atoms with E-state index in [0.29, 0.717) is 18.9 Å². The van der Waals surface area contributed by atoms with Gasteiger partial charge in [-0.15, -0.1) is 0 Å². The number of aryl methyl sites for hydroxylation is 1. The molecule has 0 aliphatic rings. The van der Waals surface area contributed by atoms with Gasteiger partial charge < -0.3 is 10.1 Å². The highest BCUT2D eigenvalue weighted by molar-refractivity contribution is 5.81. The molecule has 0 heterocycles. The third-order valence-electron chi connectivity index (χ3n) is 4.85. The van der Waals surface area contributed by atoms with Crippen LogP contribution in [0, 0.1) is 13.8 Å². The fourth-order valence-corrected chi connectivity index (χ4v) is 2.84. The van der Waals surface area contributed by atoms with Gasteiger partial charge in [0.05, 0.1) is 0 Å². The third-order valence-corrected chi connectivity index (χ3v) is 4.85. The molecule has 2 aromatic rings. The second-order valence-electron chi connectivity index (χ2n) is 7.15. The van der Waals surface area contributed by atoms with E-state index >= 15 is 0 Å². The molecule has 0 saturated heterocycles. The highest BCUT2D eigenvalue weighted by Gasteiger charge is 2.19. The van der Waals surface area contributed by atoms with E-state index in [2.05, 4.69) is 43.4 Å². The lowest BCUT2D eigenvalue weighted by Gasteiger charge is -2.19. The van der Waals surface area contributed by atoms with Crippen LogP contribution in [-0.4, -0.2) is 18.6 Å². The van der Waals surface area contributed by atoms with Gasteiger partial charge in [0.1, 0.15) is 5.75 Å². The van der Waals surface area contributed by atoms with Crippen LogP contribution in [0.5, 0.6) is 5.75 Å². The van der Waals surface area contributed by atoms with Gasteiger partial charge in [0.25, 0.3) is 5.91 Å². The highest BCUT2D eigenvalue weighted by Crippen LogP contribution is 2.22. The first-order valence-corrected chi connectivity index (χ1v) is 9.51. The van der Waals surface area contributed by atoms with Gasteiger partial charge in [-0.25, -0.2) is 0 Å². The van der Waals surface area contributed by atoms with E-state index in [1.54, 1.807) is 0 Å². The molecule has 0 bridgehead atoms. The molecule has 0 saturated carbocycles. The summed E-state index contributed by atoms with van der Waals surface area (Å²) in [5, 5.41) is 3.01. The number of amides is 1. The molecule has 3 nitrogen and oxygen atoms in total. The van der Waals surface area contributed by atoms with Crippen molar-refractivity contribution >= 4 is 5.91 Å². The molecule has 1 amide bonds. The summed E-state index contributed by atoms with van der Waals surface area (Å²) in [5.74, 6) is 1.28. The van der Waals surface area contributed by atoms with Crippen LogP contribution in [0.1, 0.15) is 55.4 Å². The van der Waals surface area contributed by atoms with Crippen molar-refractivity contribution in [3.8, 4) is 5.75 Å². The van der Waals surface area contributed by atoms with E-state index in [9.17, 15) is 4.79 Å². The zero-order valence-corrected chi connectivity index (χ0v) is 16.6. The third kappa shape index (κ3) is 5.35. The lowest BCUT2D eigenvalue weighted by Crippen LogP contribution is -2.39. The SMILES string of the molecule is CC[C@@H](Oc1cccc(C)c1C)C(=O)NCCc1ccc(C(C)C)cc1. The number of ether oxygens (including phenoxy) is 1. The molecule has 0 spiro atoms. The summed E-state index contributed by atoms with van der Waals surface area (Å²) in [6, 6.07) is 14.6. The molecule has 3 heteroatoms. The fraction of sp³-hybridized carbons (Fsp3) is 0.435. The summed E-state index contributed by atoms with van der Waals surface area (Å²) >= 11 is 0. The van der Waals surface area contributed by atoms with Crippen molar-refractivity contribution < 1.29 is 9.53 Å². The molecule has 0 aromatic heterocycles. The number of nitrogens with one attached hydrogen (secondary N) is 1. The van der Waals surface area contributed by atoms with Crippen LogP contribution in [0.15, 0.2) is 42.5 Å². The van der Waals surface area contributed by atoms with Crippen LogP contribution < -0.4 is 10.1 Å². The number of hydrogen-bond donors (Lipinski definition) is 1. The monoisotopic (exact) mass is 353 g/mol. The summed E-state index contributed by atoms with van der Waals surface area (Å²) in [6.45, 7) is 11.0. The minimum absolute atomic E-state index is 0.0489. The second kappa shape index (κ2) is 9.42. The fourth-order valence-electron chi connectivity index (χ4n) is 2.84. The molecular weight excluding hydrogens is 322 g/mol. The Balaban J connectivity index is 1.87. The van der Waals surface area contributed by atoms with Crippen LogP contribution in [0.4, 0.5) is 0 Å². The zero-order valence-electron chi connectivity index (χ0n) is 16.6. The number of carbonyl (C=O) groups excluding carboxylic acids is 1. The molecule has 2 aromatic carbocycles. The molecule has 0 aliphatic heterocycles. The summed E-state index contributed by atoms with van der Waals surface area (Å²) in [6.07, 6.45) is 1.01. The smallest absolute Gasteiger partial charge is 0.261 e. The van der Waals surface area contributed by atoms with Crippen molar-refractivity contribution in [1.29, 1.82) is 0 Å². The summed E-state index contributed by atoms with van der Waals surface area (Å²) < 4.78 is 5.97. The maximum absolute atomic E-state index is 12.5. The number of hydrogen-bond acceptors (Lipinski definition) is 2. The zero-order chi connectivity index (χ0) is 19.1. The van der Waals surface area contributed by atoms with Gasteiger partial charge >= 0.3 is 0 Å². The number of rotatable bonds is 8. The largest absolute Gasteiger partial charge is 0.480 e. The number of benzene rings is 2. The first-order valence-electron chi connectivity index (χ1n) is 9.51. The van der Waals surface area contributed by atoms with Gasteiger partial charge in [0, 0.05) is 6.54 Å². The maximum atomic E-state index is 12.5. The van der Waals surface area contributed by atoms with Gasteiger partial charge in [-0.05, 0) is 60.9 Å². The van der Waals surface area contributed by atoms with Crippen molar-refractivity contribution in [2.45, 2.75) is 59.5 Å². The molecule has 0 radical (unpaired) electrons. The van der Waals surface area contributed by atoms with Crippen molar-refractivity contribution in [1.82, 2.24) is 5.32 Å². The van der Waals surface area contributed by atoms with Gasteiger partial charge in [-0.3, -0.25) is 4.79 Å². The highest BCUT2D eigenvalue weighted by atomic mass is 16.5. The van der Waals surface area contributed by atoms with Gasteiger partial charge in [0.2, 0.25) is 0 Å². The van der Waals surface area contributed by atoms with Crippen LogP contribution >= 0.6 is 0 Å². The minimum Gasteiger partial charge on any atom is -0.480 e. The molecule has 140 valence electrons. The first kappa shape index (κ1) is 20.0. The molecule has 0 aliphatic carbocycles. The predicted octanol–water partition coefficient (Wildman–Crippen LogP) is 4.94. The number of carbonyl (C=O) groups is 1. The average Bonchev–Trinajstić information content (AvgIpc) is 2.63. The van der Waals surface area contributed by atoms with Gasteiger partial charge in [0.15, 0.2) is 6.10 Å². The lowest BCUT2D eigenvalue weighted by atomic mass is 10.0.